The van der Waals surface area contributed by atoms with E-state index in [4.69, 9.17) is 14.7 Å². The van der Waals surface area contributed by atoms with Crippen molar-refractivity contribution in [2.24, 2.45) is 5.92 Å². The zero-order valence-corrected chi connectivity index (χ0v) is 16.9. The molecule has 1 amide bonds. The third-order valence-corrected chi connectivity index (χ3v) is 5.31. The number of hydrogen-bond donors (Lipinski definition) is 1. The summed E-state index contributed by atoms with van der Waals surface area (Å²) in [6, 6.07) is 13.4. The Labute approximate surface area is 176 Å². The van der Waals surface area contributed by atoms with Crippen LogP contribution < -0.4 is 14.8 Å². The SMILES string of the molecule is COc1cc(/C=C/C(=O)N[C@H](c2ccc(F)cc2)C2CCCC2)ccc1OCC#N. The highest BCUT2D eigenvalue weighted by Gasteiger charge is 2.27. The molecular formula is C24H25FN2O3. The van der Waals surface area contributed by atoms with Crippen LogP contribution in [0.15, 0.2) is 48.5 Å². The standard InChI is InChI=1S/C24H25FN2O3/c1-29-22-16-17(6-12-21(22)30-15-14-26)7-13-23(28)27-24(18-4-2-3-5-18)19-8-10-20(25)11-9-19/h6-13,16,18,24H,2-5,15H2,1H3,(H,27,28)/b13-7+/t24-/m0/s1. The minimum Gasteiger partial charge on any atom is -0.493 e. The molecule has 1 aliphatic carbocycles. The molecule has 156 valence electrons. The van der Waals surface area contributed by atoms with Gasteiger partial charge in [-0.25, -0.2) is 4.39 Å². The molecule has 0 aromatic heterocycles. The fraction of sp³-hybridized carbons (Fsp3) is 0.333. The van der Waals surface area contributed by atoms with Gasteiger partial charge in [-0.1, -0.05) is 31.0 Å². The van der Waals surface area contributed by atoms with Crippen LogP contribution in [0.25, 0.3) is 6.08 Å². The third-order valence-electron chi connectivity index (χ3n) is 5.31. The average molecular weight is 408 g/mol. The molecule has 3 rings (SSSR count). The number of ether oxygens (including phenoxy) is 2. The second-order valence-corrected chi connectivity index (χ2v) is 7.27. The van der Waals surface area contributed by atoms with Crippen LogP contribution in [-0.4, -0.2) is 19.6 Å². The Kier molecular flexibility index (Phi) is 7.45. The zero-order valence-electron chi connectivity index (χ0n) is 16.9. The molecule has 0 saturated heterocycles. The first kappa shape index (κ1) is 21.4. The summed E-state index contributed by atoms with van der Waals surface area (Å²) in [7, 11) is 1.52. The Bertz CT molecular complexity index is 928. The third kappa shape index (κ3) is 5.60. The summed E-state index contributed by atoms with van der Waals surface area (Å²) in [5.74, 6) is 0.817. The summed E-state index contributed by atoms with van der Waals surface area (Å²) in [5.41, 5.74) is 1.69. The molecule has 2 aromatic carbocycles. The molecule has 1 fully saturated rings. The first-order valence-electron chi connectivity index (χ1n) is 10.0. The van der Waals surface area contributed by atoms with Gasteiger partial charge in [0.25, 0.3) is 0 Å². The number of carbonyl (C=O) groups is 1. The molecule has 6 heteroatoms. The largest absolute Gasteiger partial charge is 0.493 e. The van der Waals surface area contributed by atoms with Gasteiger partial charge in [-0.3, -0.25) is 4.79 Å². The Morgan fingerprint density at radius 2 is 1.97 bits per heavy atom. The van der Waals surface area contributed by atoms with Crippen molar-refractivity contribution < 1.29 is 18.7 Å². The molecule has 1 aliphatic rings. The van der Waals surface area contributed by atoms with Crippen LogP contribution in [0.1, 0.15) is 42.9 Å². The molecule has 0 unspecified atom stereocenters. The van der Waals surface area contributed by atoms with Crippen molar-refractivity contribution in [3.63, 3.8) is 0 Å². The van der Waals surface area contributed by atoms with Crippen LogP contribution in [-0.2, 0) is 4.79 Å². The molecule has 0 heterocycles. The quantitative estimate of drug-likeness (QED) is 0.637. The highest BCUT2D eigenvalue weighted by Crippen LogP contribution is 2.36. The maximum Gasteiger partial charge on any atom is 0.244 e. The first-order chi connectivity index (χ1) is 14.6. The molecule has 0 radical (unpaired) electrons. The summed E-state index contributed by atoms with van der Waals surface area (Å²) >= 11 is 0. The maximum atomic E-state index is 13.3. The average Bonchev–Trinajstić information content (AvgIpc) is 3.30. The van der Waals surface area contributed by atoms with Gasteiger partial charge in [-0.15, -0.1) is 0 Å². The molecule has 0 bridgehead atoms. The Morgan fingerprint density at radius 3 is 2.63 bits per heavy atom. The van der Waals surface area contributed by atoms with E-state index in [9.17, 15) is 9.18 Å². The van der Waals surface area contributed by atoms with Crippen molar-refractivity contribution in [3.8, 4) is 17.6 Å². The molecule has 5 nitrogen and oxygen atoms in total. The van der Waals surface area contributed by atoms with E-state index < -0.39 is 0 Å². The normalized spacial score (nSPS) is 15.0. The number of nitrogens with one attached hydrogen (secondary N) is 1. The van der Waals surface area contributed by atoms with E-state index in [2.05, 4.69) is 5.32 Å². The maximum absolute atomic E-state index is 13.3. The molecule has 30 heavy (non-hydrogen) atoms. The van der Waals surface area contributed by atoms with Crippen molar-refractivity contribution in [2.45, 2.75) is 31.7 Å². The molecular weight excluding hydrogens is 383 g/mol. The van der Waals surface area contributed by atoms with Gasteiger partial charge in [0.05, 0.1) is 13.2 Å². The Hall–Kier alpha value is -3.33. The lowest BCUT2D eigenvalue weighted by Gasteiger charge is -2.24. The number of rotatable bonds is 8. The van der Waals surface area contributed by atoms with Crippen molar-refractivity contribution in [1.29, 1.82) is 5.26 Å². The number of benzene rings is 2. The summed E-state index contributed by atoms with van der Waals surface area (Å²) in [6.07, 6.45) is 7.57. The van der Waals surface area contributed by atoms with Crippen molar-refractivity contribution in [2.75, 3.05) is 13.7 Å². The monoisotopic (exact) mass is 408 g/mol. The molecule has 1 atom stereocenters. The fourth-order valence-corrected chi connectivity index (χ4v) is 3.82. The first-order valence-corrected chi connectivity index (χ1v) is 10.0. The number of amides is 1. The molecule has 1 saturated carbocycles. The number of nitriles is 1. The predicted molar refractivity (Wildman–Crippen MR) is 112 cm³/mol. The number of carbonyl (C=O) groups excluding carboxylic acids is 1. The van der Waals surface area contributed by atoms with Gasteiger partial charge in [-0.05, 0) is 60.2 Å². The summed E-state index contributed by atoms with van der Waals surface area (Å²) in [4.78, 5) is 12.6. The van der Waals surface area contributed by atoms with E-state index in [1.807, 2.05) is 6.07 Å². The van der Waals surface area contributed by atoms with E-state index in [-0.39, 0.29) is 24.4 Å². The van der Waals surface area contributed by atoms with Crippen molar-refractivity contribution in [3.05, 3.63) is 65.5 Å². The molecule has 2 aromatic rings. The lowest BCUT2D eigenvalue weighted by Crippen LogP contribution is -2.31. The van der Waals surface area contributed by atoms with Crippen LogP contribution in [0.2, 0.25) is 0 Å². The highest BCUT2D eigenvalue weighted by atomic mass is 19.1. The zero-order chi connectivity index (χ0) is 21.3. The summed E-state index contributed by atoms with van der Waals surface area (Å²) < 4.78 is 23.9. The van der Waals surface area contributed by atoms with Crippen LogP contribution in [0.3, 0.4) is 0 Å². The van der Waals surface area contributed by atoms with Crippen LogP contribution in [0.4, 0.5) is 4.39 Å². The molecule has 1 N–H and O–H groups in total. The van der Waals surface area contributed by atoms with Gasteiger partial charge in [0.1, 0.15) is 11.9 Å². The summed E-state index contributed by atoms with van der Waals surface area (Å²) in [6.45, 7) is -0.0696. The fourth-order valence-electron chi connectivity index (χ4n) is 3.82. The van der Waals surface area contributed by atoms with Gasteiger partial charge in [-0.2, -0.15) is 5.26 Å². The van der Waals surface area contributed by atoms with Crippen molar-refractivity contribution in [1.82, 2.24) is 5.32 Å². The highest BCUT2D eigenvalue weighted by molar-refractivity contribution is 5.92. The molecule has 0 aliphatic heterocycles. The van der Waals surface area contributed by atoms with Crippen LogP contribution in [0.5, 0.6) is 11.5 Å². The van der Waals surface area contributed by atoms with E-state index in [1.54, 1.807) is 36.4 Å². The number of methoxy groups -OCH3 is 1. The van der Waals surface area contributed by atoms with Crippen LogP contribution >= 0.6 is 0 Å². The Balaban J connectivity index is 1.71. The second kappa shape index (κ2) is 10.4. The minimum atomic E-state index is -0.286. The van der Waals surface area contributed by atoms with E-state index >= 15 is 0 Å². The topological polar surface area (TPSA) is 71.3 Å². The van der Waals surface area contributed by atoms with Gasteiger partial charge in [0, 0.05) is 6.08 Å². The van der Waals surface area contributed by atoms with E-state index in [0.29, 0.717) is 17.4 Å². The smallest absolute Gasteiger partial charge is 0.244 e. The summed E-state index contributed by atoms with van der Waals surface area (Å²) in [5, 5.41) is 11.7. The predicted octanol–water partition coefficient (Wildman–Crippen LogP) is 4.80. The lowest BCUT2D eigenvalue weighted by molar-refractivity contribution is -0.117. The van der Waals surface area contributed by atoms with Gasteiger partial charge in [0.2, 0.25) is 5.91 Å². The Morgan fingerprint density at radius 1 is 1.23 bits per heavy atom. The number of halogens is 1. The van der Waals surface area contributed by atoms with Gasteiger partial charge < -0.3 is 14.8 Å². The van der Waals surface area contributed by atoms with Gasteiger partial charge >= 0.3 is 0 Å². The van der Waals surface area contributed by atoms with E-state index in [1.165, 1.54) is 25.3 Å². The number of hydrogen-bond acceptors (Lipinski definition) is 4. The minimum absolute atomic E-state index is 0.0696. The van der Waals surface area contributed by atoms with Crippen LogP contribution in [0, 0.1) is 23.1 Å². The van der Waals surface area contributed by atoms with Gasteiger partial charge in [0.15, 0.2) is 18.1 Å². The molecule has 0 spiro atoms. The van der Waals surface area contributed by atoms with E-state index in [0.717, 1.165) is 36.8 Å². The number of nitrogens with zero attached hydrogens (tertiary/aromatic N) is 1. The van der Waals surface area contributed by atoms with Crippen molar-refractivity contribution >= 4 is 12.0 Å². The lowest BCUT2D eigenvalue weighted by atomic mass is 9.91. The second-order valence-electron chi connectivity index (χ2n) is 7.27.